The summed E-state index contributed by atoms with van der Waals surface area (Å²) in [4.78, 5) is 9.44. The van der Waals surface area contributed by atoms with E-state index in [9.17, 15) is 0 Å². The maximum absolute atomic E-state index is 4.72. The van der Waals surface area contributed by atoms with Crippen LogP contribution in [0.2, 0.25) is 0 Å². The molecule has 0 aliphatic carbocycles. The molecule has 0 aliphatic heterocycles. The fourth-order valence-corrected chi connectivity index (χ4v) is 2.11. The Morgan fingerprint density at radius 1 is 0.789 bits per heavy atom. The lowest BCUT2D eigenvalue weighted by Gasteiger charge is -2.19. The largest absolute Gasteiger partial charge is 0.251 e. The zero-order valence-electron chi connectivity index (χ0n) is 12.9. The Kier molecular flexibility index (Phi) is 3.38. The van der Waals surface area contributed by atoms with Crippen molar-refractivity contribution < 1.29 is 0 Å². The van der Waals surface area contributed by atoms with Gasteiger partial charge in [-0.05, 0) is 36.1 Å². The van der Waals surface area contributed by atoms with Crippen molar-refractivity contribution in [3.8, 4) is 0 Å². The average molecular weight is 256 g/mol. The minimum Gasteiger partial charge on any atom is -0.251 e. The third kappa shape index (κ3) is 3.52. The third-order valence-electron chi connectivity index (χ3n) is 3.08. The molecule has 0 saturated heterocycles. The van der Waals surface area contributed by atoms with Crippen molar-refractivity contribution in [3.05, 3.63) is 35.7 Å². The van der Waals surface area contributed by atoms with Crippen LogP contribution in [-0.2, 0) is 11.8 Å². The molecule has 0 spiro atoms. The predicted molar refractivity (Wildman–Crippen MR) is 81.4 cm³/mol. The fourth-order valence-electron chi connectivity index (χ4n) is 2.11. The van der Waals surface area contributed by atoms with Crippen molar-refractivity contribution in [1.29, 1.82) is 0 Å². The van der Waals surface area contributed by atoms with Crippen LogP contribution in [0.3, 0.4) is 0 Å². The Hall–Kier alpha value is -1.44. The van der Waals surface area contributed by atoms with E-state index in [0.29, 0.717) is 0 Å². The van der Waals surface area contributed by atoms with Gasteiger partial charge in [0.05, 0.1) is 11.0 Å². The van der Waals surface area contributed by atoms with Crippen molar-refractivity contribution in [2.24, 2.45) is 5.41 Å². The van der Waals surface area contributed by atoms with Gasteiger partial charge in [-0.2, -0.15) is 0 Å². The van der Waals surface area contributed by atoms with E-state index >= 15 is 0 Å². The molecule has 0 fully saturated rings. The van der Waals surface area contributed by atoms with Crippen molar-refractivity contribution in [1.82, 2.24) is 9.97 Å². The van der Waals surface area contributed by atoms with Crippen LogP contribution in [-0.4, -0.2) is 9.97 Å². The molecule has 19 heavy (non-hydrogen) atoms. The lowest BCUT2D eigenvalue weighted by Crippen LogP contribution is -2.13. The van der Waals surface area contributed by atoms with Crippen LogP contribution in [0, 0.1) is 5.41 Å². The first-order valence-corrected chi connectivity index (χ1v) is 6.92. The molecule has 0 amide bonds. The van der Waals surface area contributed by atoms with Gasteiger partial charge < -0.3 is 0 Å². The number of rotatable bonds is 1. The van der Waals surface area contributed by atoms with Crippen molar-refractivity contribution in [2.75, 3.05) is 0 Å². The van der Waals surface area contributed by atoms with Crippen LogP contribution in [0.1, 0.15) is 52.9 Å². The van der Waals surface area contributed by atoms with E-state index in [0.717, 1.165) is 28.8 Å². The molecule has 0 saturated carbocycles. The number of nitrogens with zero attached hydrogens (tertiary/aromatic N) is 2. The summed E-state index contributed by atoms with van der Waals surface area (Å²) in [5.74, 6) is 0. The molecule has 2 nitrogen and oxygen atoms in total. The second-order valence-electron chi connectivity index (χ2n) is 7.52. The van der Waals surface area contributed by atoms with Crippen molar-refractivity contribution in [2.45, 2.75) is 53.4 Å². The summed E-state index contributed by atoms with van der Waals surface area (Å²) in [5, 5.41) is 0. The van der Waals surface area contributed by atoms with Gasteiger partial charge in [-0.15, -0.1) is 0 Å². The first-order chi connectivity index (χ1) is 8.65. The second-order valence-corrected chi connectivity index (χ2v) is 7.52. The Labute approximate surface area is 116 Å². The summed E-state index contributed by atoms with van der Waals surface area (Å²) in [6.07, 6.45) is 0.990. The van der Waals surface area contributed by atoms with Crippen LogP contribution in [0.5, 0.6) is 0 Å². The number of hydrogen-bond donors (Lipinski definition) is 0. The molecule has 0 unspecified atom stereocenters. The Bertz CT molecular complexity index is 586. The molecule has 0 bridgehead atoms. The van der Waals surface area contributed by atoms with Crippen LogP contribution in [0.25, 0.3) is 11.0 Å². The average Bonchev–Trinajstić information content (AvgIpc) is 2.24. The molecule has 0 N–H and O–H groups in total. The van der Waals surface area contributed by atoms with Crippen LogP contribution < -0.4 is 0 Å². The molecule has 102 valence electrons. The lowest BCUT2D eigenvalue weighted by atomic mass is 9.90. The van der Waals surface area contributed by atoms with E-state index in [4.69, 9.17) is 9.97 Å². The normalized spacial score (nSPS) is 12.9. The minimum atomic E-state index is 0.0816. The van der Waals surface area contributed by atoms with E-state index in [2.05, 4.69) is 65.8 Å². The van der Waals surface area contributed by atoms with Gasteiger partial charge in [-0.25, -0.2) is 0 Å². The van der Waals surface area contributed by atoms with Crippen LogP contribution in [0.4, 0.5) is 0 Å². The Morgan fingerprint density at radius 2 is 1.37 bits per heavy atom. The molecule has 2 aromatic heterocycles. The standard InChI is InChI=1S/C17H24N2/c1-16(2,3)11-12-7-8-14-13(18-12)9-10-15(19-14)17(4,5)6/h7-10H,11H2,1-6H3. The summed E-state index contributed by atoms with van der Waals surface area (Å²) in [6, 6.07) is 8.39. The molecule has 2 heterocycles. The molecule has 0 radical (unpaired) electrons. The molecule has 0 aliphatic rings. The predicted octanol–water partition coefficient (Wildman–Crippen LogP) is 4.52. The summed E-state index contributed by atoms with van der Waals surface area (Å²) in [6.45, 7) is 13.3. The van der Waals surface area contributed by atoms with E-state index in [1.807, 2.05) is 0 Å². The van der Waals surface area contributed by atoms with Gasteiger partial charge in [0.25, 0.3) is 0 Å². The highest BCUT2D eigenvalue weighted by molar-refractivity contribution is 5.74. The SMILES string of the molecule is CC(C)(C)Cc1ccc2nc(C(C)(C)C)ccc2n1. The van der Waals surface area contributed by atoms with Gasteiger partial charge in [-0.3, -0.25) is 9.97 Å². The van der Waals surface area contributed by atoms with Gasteiger partial charge in [0.2, 0.25) is 0 Å². The van der Waals surface area contributed by atoms with E-state index in [1.165, 1.54) is 0 Å². The monoisotopic (exact) mass is 256 g/mol. The number of fused-ring (bicyclic) bond motifs is 1. The highest BCUT2D eigenvalue weighted by Crippen LogP contribution is 2.24. The topological polar surface area (TPSA) is 25.8 Å². The molecule has 0 atom stereocenters. The number of pyridine rings is 2. The van der Waals surface area contributed by atoms with Gasteiger partial charge in [0.1, 0.15) is 0 Å². The minimum absolute atomic E-state index is 0.0816. The molecule has 2 rings (SSSR count). The van der Waals surface area contributed by atoms with Gasteiger partial charge in [0, 0.05) is 16.8 Å². The van der Waals surface area contributed by atoms with Gasteiger partial charge in [0.15, 0.2) is 0 Å². The third-order valence-corrected chi connectivity index (χ3v) is 3.08. The highest BCUT2D eigenvalue weighted by Gasteiger charge is 2.16. The summed E-state index contributed by atoms with van der Waals surface area (Å²) in [5.41, 5.74) is 4.59. The lowest BCUT2D eigenvalue weighted by molar-refractivity contribution is 0.407. The number of aromatic nitrogens is 2. The maximum Gasteiger partial charge on any atom is 0.0890 e. The first kappa shape index (κ1) is 14.0. The molecule has 2 heteroatoms. The summed E-state index contributed by atoms with van der Waals surface area (Å²) >= 11 is 0. The summed E-state index contributed by atoms with van der Waals surface area (Å²) in [7, 11) is 0. The zero-order chi connectivity index (χ0) is 14.3. The van der Waals surface area contributed by atoms with E-state index in [1.54, 1.807) is 0 Å². The van der Waals surface area contributed by atoms with E-state index < -0.39 is 0 Å². The van der Waals surface area contributed by atoms with Crippen molar-refractivity contribution >= 4 is 11.0 Å². The smallest absolute Gasteiger partial charge is 0.0890 e. The molecule has 0 aromatic carbocycles. The fraction of sp³-hybridized carbons (Fsp3) is 0.529. The molecular formula is C17H24N2. The van der Waals surface area contributed by atoms with Crippen molar-refractivity contribution in [3.63, 3.8) is 0 Å². The molecular weight excluding hydrogens is 232 g/mol. The highest BCUT2D eigenvalue weighted by atomic mass is 14.8. The quantitative estimate of drug-likeness (QED) is 0.750. The van der Waals surface area contributed by atoms with Gasteiger partial charge in [-0.1, -0.05) is 41.5 Å². The first-order valence-electron chi connectivity index (χ1n) is 6.92. The molecule has 2 aromatic rings. The van der Waals surface area contributed by atoms with Crippen LogP contribution in [0.15, 0.2) is 24.3 Å². The second kappa shape index (κ2) is 4.59. The Morgan fingerprint density at radius 3 is 1.95 bits per heavy atom. The maximum atomic E-state index is 4.72. The van der Waals surface area contributed by atoms with Gasteiger partial charge >= 0.3 is 0 Å². The van der Waals surface area contributed by atoms with E-state index in [-0.39, 0.29) is 10.8 Å². The zero-order valence-corrected chi connectivity index (χ0v) is 12.9. The summed E-state index contributed by atoms with van der Waals surface area (Å²) < 4.78 is 0. The van der Waals surface area contributed by atoms with Crippen LogP contribution >= 0.6 is 0 Å². The number of hydrogen-bond acceptors (Lipinski definition) is 2. The Balaban J connectivity index is 2.41.